The van der Waals surface area contributed by atoms with Crippen LogP contribution in [-0.4, -0.2) is 19.8 Å². The van der Waals surface area contributed by atoms with Crippen molar-refractivity contribution in [1.29, 1.82) is 0 Å². The van der Waals surface area contributed by atoms with Gasteiger partial charge >= 0.3 is 6.02 Å². The Labute approximate surface area is 61.1 Å². The molecule has 0 aromatic heterocycles. The minimum Gasteiger partial charge on any atom is -0.467 e. The number of methoxy groups -OCH3 is 1. The van der Waals surface area contributed by atoms with E-state index in [4.69, 9.17) is 4.74 Å². The van der Waals surface area contributed by atoms with E-state index in [0.29, 0.717) is 6.02 Å². The molecule has 0 aromatic carbocycles. The van der Waals surface area contributed by atoms with Crippen LogP contribution < -0.4 is 0 Å². The van der Waals surface area contributed by atoms with Gasteiger partial charge in [0.05, 0.1) is 7.11 Å². The summed E-state index contributed by atoms with van der Waals surface area (Å²) in [7, 11) is 1.51. The fourth-order valence-electron chi connectivity index (χ4n) is 0.342. The van der Waals surface area contributed by atoms with E-state index in [1.807, 2.05) is 13.8 Å². The summed E-state index contributed by atoms with van der Waals surface area (Å²) in [5.41, 5.74) is 1.10. The van der Waals surface area contributed by atoms with Gasteiger partial charge in [-0.2, -0.15) is 0 Å². The smallest absolute Gasteiger partial charge is 0.315 e. The first-order valence-electron chi connectivity index (χ1n) is 2.92. The highest BCUT2D eigenvalue weighted by Gasteiger charge is 1.85. The van der Waals surface area contributed by atoms with E-state index in [9.17, 15) is 0 Å². The summed E-state index contributed by atoms with van der Waals surface area (Å²) >= 11 is 0. The first-order valence-corrected chi connectivity index (χ1v) is 2.92. The average Bonchev–Trinajstić information content (AvgIpc) is 1.90. The molecule has 0 saturated heterocycles. The van der Waals surface area contributed by atoms with Gasteiger partial charge in [-0.25, -0.2) is 9.98 Å². The van der Waals surface area contributed by atoms with Crippen molar-refractivity contribution < 1.29 is 4.74 Å². The highest BCUT2D eigenvalue weighted by Crippen LogP contribution is 1.90. The van der Waals surface area contributed by atoms with Crippen LogP contribution in [0, 0.1) is 0 Å². The lowest BCUT2D eigenvalue weighted by Crippen LogP contribution is -1.93. The molecule has 0 amide bonds. The maximum Gasteiger partial charge on any atom is 0.315 e. The number of aliphatic imine (C=N–C) groups is 2. The monoisotopic (exact) mass is 140 g/mol. The molecule has 56 valence electrons. The zero-order valence-corrected chi connectivity index (χ0v) is 6.59. The van der Waals surface area contributed by atoms with Gasteiger partial charge in [0.25, 0.3) is 0 Å². The molecule has 0 bridgehead atoms. The quantitative estimate of drug-likeness (QED) is 0.402. The molecule has 0 heterocycles. The van der Waals surface area contributed by atoms with Crippen LogP contribution >= 0.6 is 0 Å². The van der Waals surface area contributed by atoms with Gasteiger partial charge in [0, 0.05) is 6.20 Å². The normalized spacial score (nSPS) is 10.5. The number of hydrogen-bond donors (Lipinski definition) is 0. The van der Waals surface area contributed by atoms with E-state index in [2.05, 4.69) is 16.7 Å². The molecule has 10 heavy (non-hydrogen) atoms. The van der Waals surface area contributed by atoms with Crippen molar-refractivity contribution in [3.8, 4) is 0 Å². The third-order valence-electron chi connectivity index (χ3n) is 0.751. The second-order valence-electron chi connectivity index (χ2n) is 1.98. The number of ether oxygens (including phenoxy) is 1. The van der Waals surface area contributed by atoms with Crippen molar-refractivity contribution >= 4 is 12.7 Å². The van der Waals surface area contributed by atoms with Crippen molar-refractivity contribution in [3.63, 3.8) is 0 Å². The molecule has 0 fully saturated rings. The van der Waals surface area contributed by atoms with E-state index in [1.54, 1.807) is 6.20 Å². The Morgan fingerprint density at radius 1 is 1.50 bits per heavy atom. The van der Waals surface area contributed by atoms with E-state index >= 15 is 0 Å². The maximum atomic E-state index is 4.73. The maximum absolute atomic E-state index is 4.73. The molecule has 0 saturated carbocycles. The Morgan fingerprint density at radius 3 is 2.40 bits per heavy atom. The summed E-state index contributed by atoms with van der Waals surface area (Å²) in [6.45, 7) is 7.16. The fraction of sp³-hybridized carbons (Fsp3) is 0.429. The van der Waals surface area contributed by atoms with Crippen LogP contribution in [-0.2, 0) is 4.74 Å². The van der Waals surface area contributed by atoms with E-state index in [0.717, 1.165) is 5.57 Å². The van der Waals surface area contributed by atoms with Gasteiger partial charge in [0.2, 0.25) is 0 Å². The standard InChI is InChI=1S/C7H12N2O/c1-6(2)5-9-7(8-3)10-4/h5H,3H2,1-2,4H3. The van der Waals surface area contributed by atoms with Crippen molar-refractivity contribution in [2.45, 2.75) is 13.8 Å². The third kappa shape index (κ3) is 3.83. The average molecular weight is 140 g/mol. The van der Waals surface area contributed by atoms with Gasteiger partial charge in [-0.05, 0) is 20.6 Å². The number of allylic oxidation sites excluding steroid dienone is 1. The Balaban J connectivity index is 4.12. The molecule has 3 nitrogen and oxygen atoms in total. The second kappa shape index (κ2) is 4.73. The van der Waals surface area contributed by atoms with Crippen molar-refractivity contribution in [2.75, 3.05) is 7.11 Å². The van der Waals surface area contributed by atoms with Crippen LogP contribution in [0.15, 0.2) is 21.8 Å². The lowest BCUT2D eigenvalue weighted by molar-refractivity contribution is 0.397. The van der Waals surface area contributed by atoms with Gasteiger partial charge in [0.15, 0.2) is 0 Å². The molecular weight excluding hydrogens is 128 g/mol. The molecule has 0 rings (SSSR count). The van der Waals surface area contributed by atoms with Crippen molar-refractivity contribution in [2.24, 2.45) is 9.98 Å². The highest BCUT2D eigenvalue weighted by molar-refractivity contribution is 5.78. The Kier molecular flexibility index (Phi) is 4.20. The SMILES string of the molecule is C=NC(=NC=C(C)C)OC. The Hall–Kier alpha value is -1.12. The van der Waals surface area contributed by atoms with Crippen LogP contribution in [0.1, 0.15) is 13.8 Å². The van der Waals surface area contributed by atoms with E-state index in [1.165, 1.54) is 7.11 Å². The first kappa shape index (κ1) is 8.88. The zero-order chi connectivity index (χ0) is 7.98. The minimum atomic E-state index is 0.293. The summed E-state index contributed by atoms with van der Waals surface area (Å²) in [6, 6.07) is 0.293. The zero-order valence-electron chi connectivity index (χ0n) is 6.59. The summed E-state index contributed by atoms with van der Waals surface area (Å²) in [6.07, 6.45) is 1.67. The first-order chi connectivity index (χ1) is 4.70. The minimum absolute atomic E-state index is 0.293. The van der Waals surface area contributed by atoms with Crippen LogP contribution in [0.4, 0.5) is 0 Å². The topological polar surface area (TPSA) is 34.0 Å². The summed E-state index contributed by atoms with van der Waals surface area (Å²) in [5, 5.41) is 0. The Bertz CT molecular complexity index is 166. The predicted octanol–water partition coefficient (Wildman–Crippen LogP) is 1.61. The molecule has 3 heteroatoms. The summed E-state index contributed by atoms with van der Waals surface area (Å²) < 4.78 is 4.73. The van der Waals surface area contributed by atoms with Crippen LogP contribution in [0.25, 0.3) is 0 Å². The van der Waals surface area contributed by atoms with Crippen LogP contribution in [0.5, 0.6) is 0 Å². The molecule has 0 N–H and O–H groups in total. The molecule has 0 unspecified atom stereocenters. The van der Waals surface area contributed by atoms with Gasteiger partial charge in [-0.15, -0.1) is 0 Å². The number of nitrogens with zero attached hydrogens (tertiary/aromatic N) is 2. The molecule has 0 spiro atoms. The van der Waals surface area contributed by atoms with Gasteiger partial charge in [-0.3, -0.25) is 0 Å². The largest absolute Gasteiger partial charge is 0.467 e. The van der Waals surface area contributed by atoms with Gasteiger partial charge in [-0.1, -0.05) is 5.57 Å². The fourth-order valence-corrected chi connectivity index (χ4v) is 0.342. The number of rotatable bonds is 1. The van der Waals surface area contributed by atoms with E-state index in [-0.39, 0.29) is 0 Å². The lowest BCUT2D eigenvalue weighted by atomic mass is 10.4. The molecule has 0 aromatic rings. The molecular formula is C7H12N2O. The summed E-state index contributed by atoms with van der Waals surface area (Å²) in [4.78, 5) is 7.38. The van der Waals surface area contributed by atoms with Crippen molar-refractivity contribution in [1.82, 2.24) is 0 Å². The Morgan fingerprint density at radius 2 is 2.10 bits per heavy atom. The van der Waals surface area contributed by atoms with Gasteiger partial charge in [0.1, 0.15) is 0 Å². The van der Waals surface area contributed by atoms with Crippen LogP contribution in [0.2, 0.25) is 0 Å². The third-order valence-corrected chi connectivity index (χ3v) is 0.751. The number of amidine groups is 1. The number of hydrogen-bond acceptors (Lipinski definition) is 2. The highest BCUT2D eigenvalue weighted by atomic mass is 16.5. The summed E-state index contributed by atoms with van der Waals surface area (Å²) in [5.74, 6) is 0. The molecule has 0 atom stereocenters. The lowest BCUT2D eigenvalue weighted by Gasteiger charge is -1.93. The van der Waals surface area contributed by atoms with E-state index < -0.39 is 0 Å². The van der Waals surface area contributed by atoms with Crippen LogP contribution in [0.3, 0.4) is 0 Å². The molecule has 0 aliphatic rings. The molecule has 0 aliphatic heterocycles. The predicted molar refractivity (Wildman–Crippen MR) is 43.4 cm³/mol. The molecule has 0 radical (unpaired) electrons. The molecule has 0 aliphatic carbocycles. The van der Waals surface area contributed by atoms with Gasteiger partial charge < -0.3 is 4.74 Å². The second-order valence-corrected chi connectivity index (χ2v) is 1.98. The van der Waals surface area contributed by atoms with Crippen molar-refractivity contribution in [3.05, 3.63) is 11.8 Å².